The molecule has 1 fully saturated rings. The topological polar surface area (TPSA) is 84.8 Å². The molecule has 7 heteroatoms. The second-order valence-electron chi connectivity index (χ2n) is 5.98. The van der Waals surface area contributed by atoms with E-state index in [1.165, 1.54) is 14.2 Å². The number of benzene rings is 1. The van der Waals surface area contributed by atoms with Crippen LogP contribution in [-0.4, -0.2) is 59.3 Å². The lowest BCUT2D eigenvalue weighted by atomic mass is 10.0. The van der Waals surface area contributed by atoms with Crippen molar-refractivity contribution in [1.29, 1.82) is 0 Å². The van der Waals surface area contributed by atoms with Gasteiger partial charge in [0.25, 0.3) is 5.91 Å². The molecule has 7 nitrogen and oxygen atoms in total. The third-order valence-electron chi connectivity index (χ3n) is 4.42. The van der Waals surface area contributed by atoms with Gasteiger partial charge in [-0.15, -0.1) is 0 Å². The SMILES string of the molecule is COc1cccc(C(=O)N2CC(O)C(Cc3cnccn3)C2)c1OC. The lowest BCUT2D eigenvalue weighted by Gasteiger charge is -2.19. The molecule has 2 heterocycles. The number of amides is 1. The summed E-state index contributed by atoms with van der Waals surface area (Å²) in [4.78, 5) is 22.8. The Morgan fingerprint density at radius 3 is 2.80 bits per heavy atom. The Balaban J connectivity index is 1.76. The number of aromatic nitrogens is 2. The molecule has 0 aliphatic carbocycles. The zero-order valence-corrected chi connectivity index (χ0v) is 14.3. The summed E-state index contributed by atoms with van der Waals surface area (Å²) in [6.45, 7) is 0.737. The van der Waals surface area contributed by atoms with Crippen LogP contribution in [0.3, 0.4) is 0 Å². The maximum Gasteiger partial charge on any atom is 0.257 e. The zero-order chi connectivity index (χ0) is 17.8. The molecule has 1 N–H and O–H groups in total. The number of para-hydroxylation sites is 1. The van der Waals surface area contributed by atoms with E-state index in [0.29, 0.717) is 30.0 Å². The number of nitrogens with zero attached hydrogens (tertiary/aromatic N) is 3. The van der Waals surface area contributed by atoms with Crippen molar-refractivity contribution < 1.29 is 19.4 Å². The quantitative estimate of drug-likeness (QED) is 0.877. The first-order valence-corrected chi connectivity index (χ1v) is 8.07. The highest BCUT2D eigenvalue weighted by molar-refractivity contribution is 5.98. The van der Waals surface area contributed by atoms with E-state index in [-0.39, 0.29) is 18.4 Å². The van der Waals surface area contributed by atoms with Gasteiger partial charge in [0.1, 0.15) is 0 Å². The number of aliphatic hydroxyl groups excluding tert-OH is 1. The summed E-state index contributed by atoms with van der Waals surface area (Å²) in [5.74, 6) is 0.653. The van der Waals surface area contributed by atoms with Gasteiger partial charge in [-0.05, 0) is 18.6 Å². The monoisotopic (exact) mass is 343 g/mol. The molecule has 2 aromatic rings. The predicted octanol–water partition coefficient (Wildman–Crippen LogP) is 1.17. The number of hydrogen-bond donors (Lipinski definition) is 1. The molecule has 2 atom stereocenters. The van der Waals surface area contributed by atoms with E-state index in [9.17, 15) is 9.90 Å². The van der Waals surface area contributed by atoms with E-state index in [1.807, 2.05) is 0 Å². The Hall–Kier alpha value is -2.67. The second-order valence-corrected chi connectivity index (χ2v) is 5.98. The van der Waals surface area contributed by atoms with Gasteiger partial charge in [-0.2, -0.15) is 0 Å². The van der Waals surface area contributed by atoms with E-state index in [4.69, 9.17) is 9.47 Å². The first-order chi connectivity index (χ1) is 12.1. The highest BCUT2D eigenvalue weighted by Gasteiger charge is 2.35. The normalized spacial score (nSPS) is 19.7. The summed E-state index contributed by atoms with van der Waals surface area (Å²) in [5.41, 5.74) is 1.23. The van der Waals surface area contributed by atoms with Crippen LogP contribution < -0.4 is 9.47 Å². The Morgan fingerprint density at radius 1 is 1.28 bits per heavy atom. The molecule has 3 rings (SSSR count). The van der Waals surface area contributed by atoms with Crippen LogP contribution in [0.15, 0.2) is 36.8 Å². The largest absolute Gasteiger partial charge is 0.493 e. The van der Waals surface area contributed by atoms with Crippen LogP contribution in [0.25, 0.3) is 0 Å². The minimum atomic E-state index is -0.595. The summed E-state index contributed by atoms with van der Waals surface area (Å²) >= 11 is 0. The van der Waals surface area contributed by atoms with Crippen LogP contribution in [-0.2, 0) is 6.42 Å². The van der Waals surface area contributed by atoms with Gasteiger partial charge >= 0.3 is 0 Å². The van der Waals surface area contributed by atoms with E-state index in [1.54, 1.807) is 41.7 Å². The maximum atomic E-state index is 12.9. The molecule has 0 spiro atoms. The van der Waals surface area contributed by atoms with Crippen molar-refractivity contribution in [1.82, 2.24) is 14.9 Å². The van der Waals surface area contributed by atoms with Crippen molar-refractivity contribution in [2.75, 3.05) is 27.3 Å². The van der Waals surface area contributed by atoms with Crippen LogP contribution in [0.2, 0.25) is 0 Å². The van der Waals surface area contributed by atoms with Crippen LogP contribution >= 0.6 is 0 Å². The highest BCUT2D eigenvalue weighted by Crippen LogP contribution is 2.33. The van der Waals surface area contributed by atoms with Crippen molar-refractivity contribution >= 4 is 5.91 Å². The fraction of sp³-hybridized carbons (Fsp3) is 0.389. The summed E-state index contributed by atoms with van der Waals surface area (Å²) in [6.07, 6.45) is 4.90. The molecule has 25 heavy (non-hydrogen) atoms. The molecular formula is C18H21N3O4. The minimum absolute atomic E-state index is 0.0720. The maximum absolute atomic E-state index is 12.9. The fourth-order valence-corrected chi connectivity index (χ4v) is 3.15. The average molecular weight is 343 g/mol. The van der Waals surface area contributed by atoms with Crippen molar-refractivity contribution in [3.8, 4) is 11.5 Å². The molecule has 0 bridgehead atoms. The van der Waals surface area contributed by atoms with Crippen molar-refractivity contribution in [2.45, 2.75) is 12.5 Å². The predicted molar refractivity (Wildman–Crippen MR) is 90.7 cm³/mol. The number of aliphatic hydroxyl groups is 1. The smallest absolute Gasteiger partial charge is 0.257 e. The zero-order valence-electron chi connectivity index (χ0n) is 14.3. The third kappa shape index (κ3) is 3.56. The number of rotatable bonds is 5. The molecular weight excluding hydrogens is 322 g/mol. The molecule has 0 saturated carbocycles. The molecule has 0 radical (unpaired) electrons. The summed E-state index contributed by atoms with van der Waals surface area (Å²) in [7, 11) is 3.03. The highest BCUT2D eigenvalue weighted by atomic mass is 16.5. The Morgan fingerprint density at radius 2 is 2.12 bits per heavy atom. The summed E-state index contributed by atoms with van der Waals surface area (Å²) < 4.78 is 10.6. The van der Waals surface area contributed by atoms with Crippen LogP contribution in [0, 0.1) is 5.92 Å². The van der Waals surface area contributed by atoms with E-state index >= 15 is 0 Å². The Labute approximate surface area is 146 Å². The molecule has 1 amide bonds. The summed E-state index contributed by atoms with van der Waals surface area (Å²) in [6, 6.07) is 5.19. The van der Waals surface area contributed by atoms with Crippen molar-refractivity contribution in [3.05, 3.63) is 48.0 Å². The first kappa shape index (κ1) is 17.2. The summed E-state index contributed by atoms with van der Waals surface area (Å²) in [5, 5.41) is 10.3. The molecule has 1 aromatic carbocycles. The van der Waals surface area contributed by atoms with E-state index in [0.717, 1.165) is 5.69 Å². The number of methoxy groups -OCH3 is 2. The van der Waals surface area contributed by atoms with Gasteiger partial charge in [-0.25, -0.2) is 0 Å². The number of carbonyl (C=O) groups is 1. The average Bonchev–Trinajstić information content (AvgIpc) is 3.01. The van der Waals surface area contributed by atoms with E-state index in [2.05, 4.69) is 9.97 Å². The third-order valence-corrected chi connectivity index (χ3v) is 4.42. The molecule has 2 unspecified atom stereocenters. The number of ether oxygens (including phenoxy) is 2. The number of likely N-dealkylation sites (tertiary alicyclic amines) is 1. The standard InChI is InChI=1S/C18H21N3O4/c1-24-16-5-3-4-14(17(16)25-2)18(23)21-10-12(15(22)11-21)8-13-9-19-6-7-20-13/h3-7,9,12,15,22H,8,10-11H2,1-2H3. The molecule has 1 aromatic heterocycles. The molecule has 132 valence electrons. The number of carbonyl (C=O) groups excluding carboxylic acids is 1. The fourth-order valence-electron chi connectivity index (χ4n) is 3.15. The lowest BCUT2D eigenvalue weighted by Crippen LogP contribution is -2.30. The van der Waals surface area contributed by atoms with Crippen molar-refractivity contribution in [2.24, 2.45) is 5.92 Å². The first-order valence-electron chi connectivity index (χ1n) is 8.07. The van der Waals surface area contributed by atoms with Crippen LogP contribution in [0.4, 0.5) is 0 Å². The molecule has 1 aliphatic heterocycles. The number of β-amino-alcohol motifs (C(OH)–C–C–N with tert-alkyl or cyclic N) is 1. The van der Waals surface area contributed by atoms with Gasteiger partial charge in [0.15, 0.2) is 11.5 Å². The van der Waals surface area contributed by atoms with Crippen molar-refractivity contribution in [3.63, 3.8) is 0 Å². The van der Waals surface area contributed by atoms with Gasteiger partial charge in [0.2, 0.25) is 0 Å². The van der Waals surface area contributed by atoms with Crippen LogP contribution in [0.1, 0.15) is 16.1 Å². The minimum Gasteiger partial charge on any atom is -0.493 e. The molecule has 1 aliphatic rings. The lowest BCUT2D eigenvalue weighted by molar-refractivity contribution is 0.0760. The Bertz CT molecular complexity index is 738. The van der Waals surface area contributed by atoms with Gasteiger partial charge in [0, 0.05) is 37.6 Å². The Kier molecular flexibility index (Phi) is 5.14. The van der Waals surface area contributed by atoms with Crippen LogP contribution in [0.5, 0.6) is 11.5 Å². The van der Waals surface area contributed by atoms with Gasteiger partial charge < -0.3 is 19.5 Å². The second kappa shape index (κ2) is 7.48. The van der Waals surface area contributed by atoms with Gasteiger partial charge in [-0.3, -0.25) is 14.8 Å². The van der Waals surface area contributed by atoms with Gasteiger partial charge in [-0.1, -0.05) is 6.07 Å². The van der Waals surface area contributed by atoms with E-state index < -0.39 is 6.10 Å². The molecule has 1 saturated heterocycles. The number of hydrogen-bond acceptors (Lipinski definition) is 6. The van der Waals surface area contributed by atoms with Gasteiger partial charge in [0.05, 0.1) is 31.6 Å².